The van der Waals surface area contributed by atoms with Crippen molar-refractivity contribution in [2.75, 3.05) is 6.61 Å². The van der Waals surface area contributed by atoms with E-state index < -0.39 is 0 Å². The zero-order valence-electron chi connectivity index (χ0n) is 12.7. The Morgan fingerprint density at radius 2 is 1.68 bits per heavy atom. The number of esters is 1. The lowest BCUT2D eigenvalue weighted by atomic mass is 9.80. The molecule has 0 heterocycles. The summed E-state index contributed by atoms with van der Waals surface area (Å²) < 4.78 is 5.32. The topological polar surface area (TPSA) is 26.3 Å². The fraction of sp³-hybridized carbons (Fsp3) is 0.824. The van der Waals surface area contributed by atoms with Crippen LogP contribution in [0, 0.1) is 5.92 Å². The summed E-state index contributed by atoms with van der Waals surface area (Å²) in [6.07, 6.45) is 14.2. The Labute approximate surface area is 118 Å². The van der Waals surface area contributed by atoms with E-state index in [2.05, 4.69) is 13.0 Å². The Hall–Kier alpha value is -0.790. The number of ether oxygens (including phenoxy) is 1. The van der Waals surface area contributed by atoms with Crippen molar-refractivity contribution in [3.8, 4) is 0 Å². The summed E-state index contributed by atoms with van der Waals surface area (Å²) in [7, 11) is 0. The quantitative estimate of drug-likeness (QED) is 0.315. The van der Waals surface area contributed by atoms with Crippen LogP contribution in [0.15, 0.2) is 11.6 Å². The zero-order valence-corrected chi connectivity index (χ0v) is 12.7. The molecule has 0 unspecified atom stereocenters. The monoisotopic (exact) mass is 266 g/mol. The second kappa shape index (κ2) is 10.1. The summed E-state index contributed by atoms with van der Waals surface area (Å²) in [6.45, 7) is 4.91. The van der Waals surface area contributed by atoms with Crippen LogP contribution in [-0.2, 0) is 9.53 Å². The molecule has 1 rings (SSSR count). The molecule has 0 spiro atoms. The predicted molar refractivity (Wildman–Crippen MR) is 80.1 cm³/mol. The van der Waals surface area contributed by atoms with Gasteiger partial charge in [-0.3, -0.25) is 4.79 Å². The van der Waals surface area contributed by atoms with Gasteiger partial charge in [0, 0.05) is 0 Å². The lowest BCUT2D eigenvalue weighted by Crippen LogP contribution is -2.26. The molecule has 0 bridgehead atoms. The standard InChI is InChI=1S/C17H30O2/c1-3-5-6-7-8-9-10-11-12-19-17(18)16-13-15(4-2)14-16/h4,16H,3,5-14H2,1-2H3. The van der Waals surface area contributed by atoms with Crippen LogP contribution in [0.3, 0.4) is 0 Å². The molecule has 0 aromatic carbocycles. The molecule has 0 atom stereocenters. The minimum Gasteiger partial charge on any atom is -0.465 e. The van der Waals surface area contributed by atoms with E-state index in [0.29, 0.717) is 6.61 Å². The van der Waals surface area contributed by atoms with Crippen LogP contribution < -0.4 is 0 Å². The van der Waals surface area contributed by atoms with E-state index in [1.54, 1.807) is 0 Å². The molecule has 0 aliphatic heterocycles. The number of carbonyl (C=O) groups excluding carboxylic acids is 1. The molecule has 1 aliphatic rings. The normalized spacial score (nSPS) is 18.0. The molecule has 19 heavy (non-hydrogen) atoms. The third-order valence-electron chi connectivity index (χ3n) is 4.00. The molecule has 1 fully saturated rings. The Bertz CT molecular complexity index is 273. The molecule has 0 radical (unpaired) electrons. The van der Waals surface area contributed by atoms with Crippen molar-refractivity contribution in [1.82, 2.24) is 0 Å². The summed E-state index contributed by atoms with van der Waals surface area (Å²) in [5.41, 5.74) is 1.40. The minimum atomic E-state index is 0.0218. The van der Waals surface area contributed by atoms with Crippen LogP contribution in [0.2, 0.25) is 0 Å². The molecule has 0 amide bonds. The van der Waals surface area contributed by atoms with Gasteiger partial charge in [-0.2, -0.15) is 0 Å². The van der Waals surface area contributed by atoms with Crippen molar-refractivity contribution >= 4 is 5.97 Å². The number of rotatable bonds is 10. The first-order chi connectivity index (χ1) is 9.27. The first-order valence-corrected chi connectivity index (χ1v) is 8.08. The molecule has 2 nitrogen and oxygen atoms in total. The van der Waals surface area contributed by atoms with E-state index in [9.17, 15) is 4.79 Å². The number of unbranched alkanes of at least 4 members (excludes halogenated alkanes) is 7. The number of hydrogen-bond donors (Lipinski definition) is 0. The number of hydrogen-bond acceptors (Lipinski definition) is 2. The van der Waals surface area contributed by atoms with Crippen molar-refractivity contribution in [2.24, 2.45) is 5.92 Å². The van der Waals surface area contributed by atoms with Crippen molar-refractivity contribution in [2.45, 2.75) is 78.1 Å². The van der Waals surface area contributed by atoms with E-state index >= 15 is 0 Å². The maximum atomic E-state index is 11.6. The van der Waals surface area contributed by atoms with Gasteiger partial charge < -0.3 is 4.74 Å². The summed E-state index contributed by atoms with van der Waals surface area (Å²) >= 11 is 0. The van der Waals surface area contributed by atoms with Gasteiger partial charge in [-0.25, -0.2) is 0 Å². The van der Waals surface area contributed by atoms with Gasteiger partial charge >= 0.3 is 5.97 Å². The Kier molecular flexibility index (Phi) is 8.61. The molecular weight excluding hydrogens is 236 g/mol. The summed E-state index contributed by atoms with van der Waals surface area (Å²) in [5.74, 6) is 0.175. The second-order valence-corrected chi connectivity index (χ2v) is 5.69. The highest BCUT2D eigenvalue weighted by molar-refractivity contribution is 5.74. The van der Waals surface area contributed by atoms with Gasteiger partial charge in [0.2, 0.25) is 0 Å². The van der Waals surface area contributed by atoms with Gasteiger partial charge in [-0.15, -0.1) is 0 Å². The highest BCUT2D eigenvalue weighted by atomic mass is 16.5. The number of allylic oxidation sites excluding steroid dienone is 2. The zero-order chi connectivity index (χ0) is 13.9. The fourth-order valence-corrected chi connectivity index (χ4v) is 2.50. The molecule has 0 aromatic heterocycles. The predicted octanol–water partition coefficient (Wildman–Crippen LogP) is 5.03. The molecular formula is C17H30O2. The molecule has 0 aromatic rings. The summed E-state index contributed by atoms with van der Waals surface area (Å²) in [5, 5.41) is 0. The molecule has 1 aliphatic carbocycles. The molecule has 1 saturated carbocycles. The van der Waals surface area contributed by atoms with Gasteiger partial charge in [0.05, 0.1) is 12.5 Å². The molecule has 110 valence electrons. The second-order valence-electron chi connectivity index (χ2n) is 5.69. The summed E-state index contributed by atoms with van der Waals surface area (Å²) in [6, 6.07) is 0. The largest absolute Gasteiger partial charge is 0.465 e. The lowest BCUT2D eigenvalue weighted by molar-refractivity contribution is -0.150. The first kappa shape index (κ1) is 16.3. The third kappa shape index (κ3) is 6.79. The van der Waals surface area contributed by atoms with Crippen molar-refractivity contribution in [3.05, 3.63) is 11.6 Å². The third-order valence-corrected chi connectivity index (χ3v) is 4.00. The average molecular weight is 266 g/mol. The fourth-order valence-electron chi connectivity index (χ4n) is 2.50. The van der Waals surface area contributed by atoms with Crippen LogP contribution in [0.1, 0.15) is 78.1 Å². The Balaban J connectivity index is 1.84. The van der Waals surface area contributed by atoms with Crippen molar-refractivity contribution in [3.63, 3.8) is 0 Å². The van der Waals surface area contributed by atoms with Crippen molar-refractivity contribution in [1.29, 1.82) is 0 Å². The van der Waals surface area contributed by atoms with E-state index in [0.717, 1.165) is 19.3 Å². The van der Waals surface area contributed by atoms with Crippen LogP contribution in [0.4, 0.5) is 0 Å². The van der Waals surface area contributed by atoms with E-state index in [1.165, 1.54) is 50.5 Å². The highest BCUT2D eigenvalue weighted by Gasteiger charge is 2.30. The van der Waals surface area contributed by atoms with Crippen LogP contribution in [-0.4, -0.2) is 12.6 Å². The van der Waals surface area contributed by atoms with Crippen LogP contribution in [0.25, 0.3) is 0 Å². The maximum Gasteiger partial charge on any atom is 0.309 e. The van der Waals surface area contributed by atoms with Crippen LogP contribution >= 0.6 is 0 Å². The SMILES string of the molecule is CC=C1CC(C(=O)OCCCCCCCCCC)C1. The van der Waals surface area contributed by atoms with Crippen LogP contribution in [0.5, 0.6) is 0 Å². The highest BCUT2D eigenvalue weighted by Crippen LogP contribution is 2.33. The van der Waals surface area contributed by atoms with Gasteiger partial charge in [-0.1, -0.05) is 63.5 Å². The minimum absolute atomic E-state index is 0.0218. The lowest BCUT2D eigenvalue weighted by Gasteiger charge is -2.27. The van der Waals surface area contributed by atoms with Gasteiger partial charge in [0.25, 0.3) is 0 Å². The molecule has 0 saturated heterocycles. The van der Waals surface area contributed by atoms with E-state index in [-0.39, 0.29) is 11.9 Å². The molecule has 2 heteroatoms. The van der Waals surface area contributed by atoms with E-state index in [4.69, 9.17) is 4.74 Å². The maximum absolute atomic E-state index is 11.6. The first-order valence-electron chi connectivity index (χ1n) is 8.08. The number of carbonyl (C=O) groups is 1. The van der Waals surface area contributed by atoms with Gasteiger partial charge in [0.15, 0.2) is 0 Å². The van der Waals surface area contributed by atoms with E-state index in [1.807, 2.05) is 6.92 Å². The average Bonchev–Trinajstić information content (AvgIpc) is 2.35. The Morgan fingerprint density at radius 3 is 2.26 bits per heavy atom. The van der Waals surface area contributed by atoms with Gasteiger partial charge in [0.1, 0.15) is 0 Å². The Morgan fingerprint density at radius 1 is 1.11 bits per heavy atom. The smallest absolute Gasteiger partial charge is 0.309 e. The van der Waals surface area contributed by atoms with Gasteiger partial charge in [-0.05, 0) is 26.2 Å². The summed E-state index contributed by atoms with van der Waals surface area (Å²) in [4.78, 5) is 11.6. The van der Waals surface area contributed by atoms with Crippen molar-refractivity contribution < 1.29 is 9.53 Å². The molecule has 0 N–H and O–H groups in total.